The van der Waals surface area contributed by atoms with Crippen LogP contribution in [0.4, 0.5) is 10.1 Å². The Morgan fingerprint density at radius 3 is 3.11 bits per heavy atom. The second-order valence-electron chi connectivity index (χ2n) is 4.28. The number of azide groups is 1. The predicted molar refractivity (Wildman–Crippen MR) is 67.4 cm³/mol. The van der Waals surface area contributed by atoms with Crippen molar-refractivity contribution in [2.24, 2.45) is 11.0 Å². The molecule has 1 aromatic rings. The van der Waals surface area contributed by atoms with Gasteiger partial charge < -0.3 is 9.64 Å². The summed E-state index contributed by atoms with van der Waals surface area (Å²) in [5.41, 5.74) is 8.70. The summed E-state index contributed by atoms with van der Waals surface area (Å²) in [4.78, 5) is 16.1. The normalized spacial score (nSPS) is 18.3. The van der Waals surface area contributed by atoms with Crippen molar-refractivity contribution in [1.29, 1.82) is 0 Å². The van der Waals surface area contributed by atoms with Gasteiger partial charge >= 0.3 is 0 Å². The molecule has 0 aromatic heterocycles. The van der Waals surface area contributed by atoms with E-state index in [0.717, 1.165) is 0 Å². The summed E-state index contributed by atoms with van der Waals surface area (Å²) in [5.74, 6) is -0.620. The van der Waals surface area contributed by atoms with Crippen molar-refractivity contribution in [3.8, 4) is 5.75 Å². The Hall–Kier alpha value is -2.27. The molecular formula is C12H13FN4O2. The maximum atomic E-state index is 13.6. The first-order chi connectivity index (χ1) is 9.17. The number of ether oxygens (including phenoxy) is 1. The molecule has 7 heteroatoms. The maximum absolute atomic E-state index is 13.6. The third-order valence-electron chi connectivity index (χ3n) is 3.05. The van der Waals surface area contributed by atoms with Gasteiger partial charge in [0.05, 0.1) is 12.8 Å². The minimum absolute atomic E-state index is 0.0450. The van der Waals surface area contributed by atoms with Crippen LogP contribution in [0.2, 0.25) is 0 Å². The highest BCUT2D eigenvalue weighted by Crippen LogP contribution is 2.34. The molecule has 0 N–H and O–H groups in total. The van der Waals surface area contributed by atoms with E-state index in [9.17, 15) is 9.18 Å². The van der Waals surface area contributed by atoms with E-state index in [4.69, 9.17) is 10.3 Å². The van der Waals surface area contributed by atoms with E-state index in [-0.39, 0.29) is 24.1 Å². The minimum Gasteiger partial charge on any atom is -0.492 e. The SMILES string of the molecule is COc1c(F)cccc1N1CC(CN=[N+]=[N-])CC1=O. The van der Waals surface area contributed by atoms with Crippen LogP contribution in [0.15, 0.2) is 23.3 Å². The standard InChI is InChI=1S/C12H13FN4O2/c1-19-12-9(13)3-2-4-10(12)17-7-8(5-11(17)18)6-15-16-14/h2-4,8H,5-7H2,1H3. The van der Waals surface area contributed by atoms with Gasteiger partial charge in [-0.15, -0.1) is 0 Å². The molecule has 6 nitrogen and oxygen atoms in total. The fourth-order valence-electron chi connectivity index (χ4n) is 2.20. The van der Waals surface area contributed by atoms with Crippen LogP contribution in [0.1, 0.15) is 6.42 Å². The van der Waals surface area contributed by atoms with E-state index in [0.29, 0.717) is 18.7 Å². The summed E-state index contributed by atoms with van der Waals surface area (Å²) in [5, 5.41) is 3.47. The molecule has 1 fully saturated rings. The van der Waals surface area contributed by atoms with Crippen molar-refractivity contribution in [3.63, 3.8) is 0 Å². The molecule has 2 rings (SSSR count). The summed E-state index contributed by atoms with van der Waals surface area (Å²) in [7, 11) is 1.36. The van der Waals surface area contributed by atoms with Gasteiger partial charge in [0.25, 0.3) is 0 Å². The van der Waals surface area contributed by atoms with Gasteiger partial charge in [0.1, 0.15) is 0 Å². The number of anilines is 1. The first kappa shape index (κ1) is 13.2. The monoisotopic (exact) mass is 264 g/mol. The molecule has 100 valence electrons. The fourth-order valence-corrected chi connectivity index (χ4v) is 2.20. The molecule has 0 radical (unpaired) electrons. The first-order valence-electron chi connectivity index (χ1n) is 5.81. The van der Waals surface area contributed by atoms with E-state index < -0.39 is 5.82 Å². The molecule has 1 unspecified atom stereocenters. The van der Waals surface area contributed by atoms with Gasteiger partial charge in [-0.25, -0.2) is 4.39 Å². The van der Waals surface area contributed by atoms with Crippen LogP contribution in [-0.4, -0.2) is 26.1 Å². The summed E-state index contributed by atoms with van der Waals surface area (Å²) in [6.07, 6.45) is 0.290. The average Bonchev–Trinajstić information content (AvgIpc) is 2.77. The summed E-state index contributed by atoms with van der Waals surface area (Å²) >= 11 is 0. The Balaban J connectivity index is 2.25. The number of para-hydroxylation sites is 1. The molecule has 1 aliphatic heterocycles. The van der Waals surface area contributed by atoms with Gasteiger partial charge in [0.2, 0.25) is 5.91 Å². The number of rotatable bonds is 4. The number of hydrogen-bond acceptors (Lipinski definition) is 3. The van der Waals surface area contributed by atoms with E-state index in [1.807, 2.05) is 0 Å². The van der Waals surface area contributed by atoms with Gasteiger partial charge in [0.15, 0.2) is 11.6 Å². The molecule has 1 aliphatic rings. The van der Waals surface area contributed by atoms with E-state index in [1.54, 1.807) is 6.07 Å². The van der Waals surface area contributed by atoms with Crippen LogP contribution in [0.5, 0.6) is 5.75 Å². The van der Waals surface area contributed by atoms with Crippen LogP contribution >= 0.6 is 0 Å². The van der Waals surface area contributed by atoms with Crippen molar-refractivity contribution >= 4 is 11.6 Å². The van der Waals surface area contributed by atoms with E-state index in [1.165, 1.54) is 24.1 Å². The molecule has 1 saturated heterocycles. The summed E-state index contributed by atoms with van der Waals surface area (Å²) in [6.45, 7) is 0.661. The Bertz CT molecular complexity index is 543. The van der Waals surface area contributed by atoms with Crippen LogP contribution in [0.25, 0.3) is 10.4 Å². The number of amides is 1. The zero-order chi connectivity index (χ0) is 13.8. The number of hydrogen-bond donors (Lipinski definition) is 0. The highest BCUT2D eigenvalue weighted by Gasteiger charge is 2.32. The minimum atomic E-state index is -0.508. The molecule has 1 heterocycles. The fraction of sp³-hybridized carbons (Fsp3) is 0.417. The first-order valence-corrected chi connectivity index (χ1v) is 5.81. The van der Waals surface area contributed by atoms with Gasteiger partial charge in [-0.05, 0) is 23.6 Å². The van der Waals surface area contributed by atoms with Crippen molar-refractivity contribution in [2.45, 2.75) is 6.42 Å². The molecule has 0 aliphatic carbocycles. The molecule has 1 aromatic carbocycles. The van der Waals surface area contributed by atoms with Crippen LogP contribution < -0.4 is 9.64 Å². The number of halogens is 1. The van der Waals surface area contributed by atoms with Gasteiger partial charge in [-0.1, -0.05) is 11.2 Å². The second-order valence-corrected chi connectivity index (χ2v) is 4.28. The Labute approximate surface area is 109 Å². The van der Waals surface area contributed by atoms with Gasteiger partial charge in [-0.3, -0.25) is 4.79 Å². The van der Waals surface area contributed by atoms with E-state index in [2.05, 4.69) is 10.0 Å². The Morgan fingerprint density at radius 1 is 1.63 bits per heavy atom. The van der Waals surface area contributed by atoms with E-state index >= 15 is 0 Å². The molecule has 1 atom stereocenters. The number of methoxy groups -OCH3 is 1. The third kappa shape index (κ3) is 2.61. The molecule has 0 spiro atoms. The zero-order valence-corrected chi connectivity index (χ0v) is 10.4. The van der Waals surface area contributed by atoms with Crippen LogP contribution in [0, 0.1) is 11.7 Å². The van der Waals surface area contributed by atoms with Crippen molar-refractivity contribution in [1.82, 2.24) is 0 Å². The smallest absolute Gasteiger partial charge is 0.227 e. The highest BCUT2D eigenvalue weighted by atomic mass is 19.1. The Morgan fingerprint density at radius 2 is 2.42 bits per heavy atom. The van der Waals surface area contributed by atoms with Crippen molar-refractivity contribution < 1.29 is 13.9 Å². The molecule has 0 bridgehead atoms. The number of nitrogens with zero attached hydrogens (tertiary/aromatic N) is 4. The number of carbonyl (C=O) groups is 1. The third-order valence-corrected chi connectivity index (χ3v) is 3.05. The summed E-state index contributed by atoms with van der Waals surface area (Å²) in [6, 6.07) is 4.44. The second kappa shape index (κ2) is 5.58. The number of carbonyl (C=O) groups excluding carboxylic acids is 1. The largest absolute Gasteiger partial charge is 0.492 e. The maximum Gasteiger partial charge on any atom is 0.227 e. The van der Waals surface area contributed by atoms with Crippen LogP contribution in [-0.2, 0) is 4.79 Å². The van der Waals surface area contributed by atoms with Crippen molar-refractivity contribution in [3.05, 3.63) is 34.5 Å². The summed E-state index contributed by atoms with van der Waals surface area (Å²) < 4.78 is 18.6. The quantitative estimate of drug-likeness (QED) is 0.475. The topological polar surface area (TPSA) is 78.3 Å². The molecule has 1 amide bonds. The Kier molecular flexibility index (Phi) is 3.87. The molecular weight excluding hydrogens is 251 g/mol. The molecule has 0 saturated carbocycles. The number of benzene rings is 1. The van der Waals surface area contributed by atoms with Crippen molar-refractivity contribution in [2.75, 3.05) is 25.1 Å². The molecule has 19 heavy (non-hydrogen) atoms. The predicted octanol–water partition coefficient (Wildman–Crippen LogP) is 2.50. The van der Waals surface area contributed by atoms with Gasteiger partial charge in [-0.2, -0.15) is 0 Å². The lowest BCUT2D eigenvalue weighted by Gasteiger charge is -2.19. The van der Waals surface area contributed by atoms with Gasteiger partial charge in [0, 0.05) is 24.4 Å². The average molecular weight is 264 g/mol. The lowest BCUT2D eigenvalue weighted by atomic mass is 10.1. The lowest BCUT2D eigenvalue weighted by molar-refractivity contribution is -0.117. The van der Waals surface area contributed by atoms with Crippen LogP contribution in [0.3, 0.4) is 0 Å². The zero-order valence-electron chi connectivity index (χ0n) is 10.4. The highest BCUT2D eigenvalue weighted by molar-refractivity contribution is 5.97. The lowest BCUT2D eigenvalue weighted by Crippen LogP contribution is -2.25.